The van der Waals surface area contributed by atoms with Gasteiger partial charge >= 0.3 is 0 Å². The van der Waals surface area contributed by atoms with Crippen LogP contribution in [0.2, 0.25) is 5.02 Å². The molecule has 0 unspecified atom stereocenters. The second-order valence-corrected chi connectivity index (χ2v) is 5.25. The third-order valence-electron chi connectivity index (χ3n) is 3.01. The first kappa shape index (κ1) is 14.6. The van der Waals surface area contributed by atoms with Gasteiger partial charge in [-0.1, -0.05) is 29.8 Å². The maximum absolute atomic E-state index is 11.9. The van der Waals surface area contributed by atoms with E-state index in [4.69, 9.17) is 11.6 Å². The molecule has 2 rings (SSSR count). The molecule has 20 heavy (non-hydrogen) atoms. The molecule has 0 fully saturated rings. The normalized spacial score (nSPS) is 13.8. The average molecular weight is 294 g/mol. The predicted octanol–water partition coefficient (Wildman–Crippen LogP) is 1.71. The minimum absolute atomic E-state index is 0.0600. The molecule has 106 valence electrons. The van der Waals surface area contributed by atoms with Crippen molar-refractivity contribution in [2.24, 2.45) is 7.05 Å². The number of amides is 1. The Kier molecular flexibility index (Phi) is 4.11. The zero-order chi connectivity index (χ0) is 14.8. The quantitative estimate of drug-likeness (QED) is 0.902. The first-order valence-corrected chi connectivity index (χ1v) is 6.52. The van der Waals surface area contributed by atoms with Gasteiger partial charge in [0.25, 0.3) is 5.91 Å². The minimum Gasteiger partial charge on any atom is -0.384 e. The van der Waals surface area contributed by atoms with Gasteiger partial charge in [-0.3, -0.25) is 9.48 Å². The van der Waals surface area contributed by atoms with E-state index in [9.17, 15) is 9.90 Å². The number of aromatic nitrogens is 2. The van der Waals surface area contributed by atoms with E-state index in [-0.39, 0.29) is 12.5 Å². The van der Waals surface area contributed by atoms with Crippen molar-refractivity contribution in [3.8, 4) is 0 Å². The first-order valence-electron chi connectivity index (χ1n) is 6.14. The van der Waals surface area contributed by atoms with Crippen molar-refractivity contribution in [2.45, 2.75) is 12.5 Å². The van der Waals surface area contributed by atoms with Gasteiger partial charge in [-0.05, 0) is 13.0 Å². The van der Waals surface area contributed by atoms with Crippen molar-refractivity contribution in [2.75, 3.05) is 6.54 Å². The second kappa shape index (κ2) is 5.64. The molecule has 1 aromatic heterocycles. The number of hydrogen-bond acceptors (Lipinski definition) is 3. The molecular formula is C14H16ClN3O2. The number of nitrogens with zero attached hydrogens (tertiary/aromatic N) is 2. The molecule has 1 amide bonds. The molecule has 2 N–H and O–H groups in total. The van der Waals surface area contributed by atoms with Crippen molar-refractivity contribution in [3.05, 3.63) is 52.8 Å². The summed E-state index contributed by atoms with van der Waals surface area (Å²) in [5, 5.41) is 17.5. The first-order chi connectivity index (χ1) is 9.40. The number of aliphatic hydroxyl groups is 1. The van der Waals surface area contributed by atoms with Gasteiger partial charge in [0.05, 0.1) is 18.3 Å². The van der Waals surface area contributed by atoms with Crippen LogP contribution in [-0.4, -0.2) is 27.3 Å². The molecule has 1 heterocycles. The van der Waals surface area contributed by atoms with Crippen LogP contribution >= 0.6 is 11.6 Å². The third kappa shape index (κ3) is 3.18. The highest BCUT2D eigenvalue weighted by molar-refractivity contribution is 6.31. The van der Waals surface area contributed by atoms with Crippen molar-refractivity contribution in [1.29, 1.82) is 0 Å². The number of halogens is 1. The SMILES string of the molecule is Cn1cc(C(=O)NC[C@@](C)(O)c2ccccc2Cl)cn1. The Morgan fingerprint density at radius 1 is 1.50 bits per heavy atom. The van der Waals surface area contributed by atoms with Gasteiger partial charge in [0.1, 0.15) is 5.60 Å². The number of rotatable bonds is 4. The van der Waals surface area contributed by atoms with Crippen LogP contribution in [0.4, 0.5) is 0 Å². The molecule has 2 aromatic rings. The lowest BCUT2D eigenvalue weighted by atomic mass is 9.96. The number of benzene rings is 1. The summed E-state index contributed by atoms with van der Waals surface area (Å²) in [6, 6.07) is 7.02. The Morgan fingerprint density at radius 3 is 2.80 bits per heavy atom. The van der Waals surface area contributed by atoms with Gasteiger partial charge in [-0.25, -0.2) is 0 Å². The zero-order valence-corrected chi connectivity index (χ0v) is 12.1. The maximum atomic E-state index is 11.9. The smallest absolute Gasteiger partial charge is 0.254 e. The van der Waals surface area contributed by atoms with Crippen molar-refractivity contribution in [3.63, 3.8) is 0 Å². The zero-order valence-electron chi connectivity index (χ0n) is 11.3. The monoisotopic (exact) mass is 293 g/mol. The molecule has 5 nitrogen and oxygen atoms in total. The number of hydrogen-bond donors (Lipinski definition) is 2. The summed E-state index contributed by atoms with van der Waals surface area (Å²) in [4.78, 5) is 11.9. The lowest BCUT2D eigenvalue weighted by Gasteiger charge is -2.25. The summed E-state index contributed by atoms with van der Waals surface area (Å²) in [5.74, 6) is -0.287. The Hall–Kier alpha value is -1.85. The summed E-state index contributed by atoms with van der Waals surface area (Å²) in [6.07, 6.45) is 3.08. The summed E-state index contributed by atoms with van der Waals surface area (Å²) in [6.45, 7) is 1.67. The van der Waals surface area contributed by atoms with Gasteiger partial charge in [0, 0.05) is 23.8 Å². The number of nitrogens with one attached hydrogen (secondary N) is 1. The van der Waals surface area contributed by atoms with Gasteiger partial charge in [-0.15, -0.1) is 0 Å². The van der Waals surface area contributed by atoms with Crippen LogP contribution in [0.1, 0.15) is 22.8 Å². The fourth-order valence-corrected chi connectivity index (χ4v) is 2.23. The molecule has 1 aromatic carbocycles. The van der Waals surface area contributed by atoms with Crippen LogP contribution in [0, 0.1) is 0 Å². The Bertz CT molecular complexity index is 622. The molecule has 0 spiro atoms. The van der Waals surface area contributed by atoms with Gasteiger partial charge in [-0.2, -0.15) is 5.10 Å². The fourth-order valence-electron chi connectivity index (χ4n) is 1.89. The number of aryl methyl sites for hydroxylation is 1. The Morgan fingerprint density at radius 2 is 2.20 bits per heavy atom. The highest BCUT2D eigenvalue weighted by atomic mass is 35.5. The van der Waals surface area contributed by atoms with Crippen LogP contribution in [-0.2, 0) is 12.6 Å². The highest BCUT2D eigenvalue weighted by Crippen LogP contribution is 2.27. The minimum atomic E-state index is -1.24. The summed E-state index contributed by atoms with van der Waals surface area (Å²) in [5.41, 5.74) is -0.216. The van der Waals surface area contributed by atoms with Crippen molar-refractivity contribution >= 4 is 17.5 Å². The summed E-state index contributed by atoms with van der Waals surface area (Å²) >= 11 is 6.06. The van der Waals surface area contributed by atoms with E-state index in [1.165, 1.54) is 6.20 Å². The molecule has 0 aliphatic heterocycles. The van der Waals surface area contributed by atoms with Crippen LogP contribution in [0.5, 0.6) is 0 Å². The highest BCUT2D eigenvalue weighted by Gasteiger charge is 2.26. The van der Waals surface area contributed by atoms with Crippen LogP contribution in [0.25, 0.3) is 0 Å². The standard InChI is InChI=1S/C14H16ClN3O2/c1-14(20,11-5-3-4-6-12(11)15)9-16-13(19)10-7-17-18(2)8-10/h3-8,20H,9H2,1-2H3,(H,16,19)/t14-/m1/s1. The topological polar surface area (TPSA) is 67.2 Å². The molecule has 0 saturated heterocycles. The molecular weight excluding hydrogens is 278 g/mol. The molecule has 0 radical (unpaired) electrons. The predicted molar refractivity (Wildman–Crippen MR) is 76.6 cm³/mol. The van der Waals surface area contributed by atoms with E-state index in [1.807, 2.05) is 0 Å². The molecule has 6 heteroatoms. The molecule has 0 bridgehead atoms. The van der Waals surface area contributed by atoms with Gasteiger partial charge in [0.15, 0.2) is 0 Å². The summed E-state index contributed by atoms with van der Waals surface area (Å²) < 4.78 is 1.54. The Balaban J connectivity index is 2.06. The van der Waals surface area contributed by atoms with Gasteiger partial charge < -0.3 is 10.4 Å². The number of carbonyl (C=O) groups excluding carboxylic acids is 1. The molecule has 0 saturated carbocycles. The third-order valence-corrected chi connectivity index (χ3v) is 3.34. The van der Waals surface area contributed by atoms with E-state index in [0.29, 0.717) is 16.1 Å². The van der Waals surface area contributed by atoms with Gasteiger partial charge in [0.2, 0.25) is 0 Å². The molecule has 0 aliphatic carbocycles. The van der Waals surface area contributed by atoms with Crippen LogP contribution < -0.4 is 5.32 Å². The van der Waals surface area contributed by atoms with Crippen LogP contribution in [0.15, 0.2) is 36.7 Å². The Labute approximate surface area is 122 Å². The lowest BCUT2D eigenvalue weighted by molar-refractivity contribution is 0.0527. The maximum Gasteiger partial charge on any atom is 0.254 e. The van der Waals surface area contributed by atoms with Crippen molar-refractivity contribution < 1.29 is 9.90 Å². The van der Waals surface area contributed by atoms with E-state index in [1.54, 1.807) is 49.1 Å². The van der Waals surface area contributed by atoms with E-state index in [2.05, 4.69) is 10.4 Å². The van der Waals surface area contributed by atoms with E-state index in [0.717, 1.165) is 0 Å². The largest absolute Gasteiger partial charge is 0.384 e. The van der Waals surface area contributed by atoms with Crippen molar-refractivity contribution in [1.82, 2.24) is 15.1 Å². The van der Waals surface area contributed by atoms with E-state index < -0.39 is 5.60 Å². The molecule has 0 aliphatic rings. The fraction of sp³-hybridized carbons (Fsp3) is 0.286. The average Bonchev–Trinajstić information content (AvgIpc) is 2.83. The summed E-state index contributed by atoms with van der Waals surface area (Å²) in [7, 11) is 1.73. The number of carbonyl (C=O) groups is 1. The molecule has 1 atom stereocenters. The second-order valence-electron chi connectivity index (χ2n) is 4.84. The van der Waals surface area contributed by atoms with E-state index >= 15 is 0 Å². The lowest BCUT2D eigenvalue weighted by Crippen LogP contribution is -2.38. The van der Waals surface area contributed by atoms with Crippen LogP contribution in [0.3, 0.4) is 0 Å².